The molecule has 2 amide bonds. The molecule has 3 aromatic rings. The van der Waals surface area contributed by atoms with Crippen molar-refractivity contribution in [2.75, 3.05) is 4.90 Å². The van der Waals surface area contributed by atoms with Gasteiger partial charge in [0.2, 0.25) is 11.8 Å². The number of hydrogen-bond acceptors (Lipinski definition) is 5. The second-order valence-corrected chi connectivity index (χ2v) is 8.97. The van der Waals surface area contributed by atoms with E-state index in [2.05, 4.69) is 5.10 Å². The number of ketones is 1. The highest BCUT2D eigenvalue weighted by atomic mass is 35.5. The van der Waals surface area contributed by atoms with Crippen LogP contribution in [0, 0.1) is 17.7 Å². The maximum absolute atomic E-state index is 14.6. The molecule has 2 fully saturated rings. The first-order valence-corrected chi connectivity index (χ1v) is 11.2. The lowest BCUT2D eigenvalue weighted by atomic mass is 9.83. The first kappa shape index (κ1) is 20.7. The topological polar surface area (TPSA) is 70.0 Å². The predicted molar refractivity (Wildman–Crippen MR) is 124 cm³/mol. The third-order valence-electron chi connectivity index (χ3n) is 6.78. The van der Waals surface area contributed by atoms with E-state index in [0.717, 1.165) is 16.0 Å². The standard InChI is InChI=1S/C26H17ClFN3O3/c27-16-11-9-14(10-12-16)24(32)23-21-20(22-17-6-2-1-5-15(17)13-29-31(22)23)25(33)30(26(21)34)19-8-4-3-7-18(19)28/h1-13,20-23H/t20-,21+,22-,23-/m0/s1. The van der Waals surface area contributed by atoms with E-state index in [1.165, 1.54) is 18.2 Å². The number of carbonyl (C=O) groups is 3. The molecule has 168 valence electrons. The van der Waals surface area contributed by atoms with E-state index in [1.54, 1.807) is 41.6 Å². The Balaban J connectivity index is 1.51. The molecule has 0 spiro atoms. The van der Waals surface area contributed by atoms with Gasteiger partial charge in [-0.05, 0) is 47.5 Å². The number of hydrazone groups is 1. The highest BCUT2D eigenvalue weighted by Gasteiger charge is 2.65. The Labute approximate surface area is 199 Å². The van der Waals surface area contributed by atoms with E-state index >= 15 is 0 Å². The SMILES string of the molecule is O=C(c1ccc(Cl)cc1)[C@@H]1[C@@H]2C(=O)N(c3ccccc3F)C(=O)[C@@H]2[C@@H]2c3ccccc3C=NN12. The lowest BCUT2D eigenvalue weighted by molar-refractivity contribution is -0.124. The molecule has 0 bridgehead atoms. The molecule has 0 aliphatic carbocycles. The summed E-state index contributed by atoms with van der Waals surface area (Å²) in [5.74, 6) is -4.05. The Morgan fingerprint density at radius 2 is 1.56 bits per heavy atom. The number of nitrogens with zero attached hydrogens (tertiary/aromatic N) is 3. The smallest absolute Gasteiger partial charge is 0.240 e. The van der Waals surface area contributed by atoms with E-state index in [-0.39, 0.29) is 11.5 Å². The average Bonchev–Trinajstić information content (AvgIpc) is 3.32. The van der Waals surface area contributed by atoms with Gasteiger partial charge in [-0.2, -0.15) is 5.10 Å². The molecular weight excluding hydrogens is 457 g/mol. The van der Waals surface area contributed by atoms with Crippen molar-refractivity contribution < 1.29 is 18.8 Å². The minimum atomic E-state index is -1.02. The Morgan fingerprint density at radius 3 is 2.32 bits per heavy atom. The molecule has 8 heteroatoms. The molecule has 4 atom stereocenters. The van der Waals surface area contributed by atoms with Gasteiger partial charge in [-0.3, -0.25) is 19.4 Å². The summed E-state index contributed by atoms with van der Waals surface area (Å²) in [5.41, 5.74) is 1.86. The zero-order chi connectivity index (χ0) is 23.6. The number of fused-ring (bicyclic) bond motifs is 5. The van der Waals surface area contributed by atoms with Gasteiger partial charge in [0.25, 0.3) is 0 Å². The molecular formula is C26H17ClFN3O3. The highest BCUT2D eigenvalue weighted by molar-refractivity contribution is 6.30. The predicted octanol–water partition coefficient (Wildman–Crippen LogP) is 4.24. The number of para-hydroxylation sites is 1. The van der Waals surface area contributed by atoms with Crippen LogP contribution in [-0.4, -0.2) is 34.9 Å². The number of Topliss-reactive ketones (excluding diaryl/α,β-unsaturated/α-hetero) is 1. The molecule has 2 saturated heterocycles. The molecule has 0 unspecified atom stereocenters. The van der Waals surface area contributed by atoms with E-state index in [9.17, 15) is 18.8 Å². The normalized spacial score (nSPS) is 24.8. The Hall–Kier alpha value is -3.84. The van der Waals surface area contributed by atoms with Crippen LogP contribution in [0.3, 0.4) is 0 Å². The van der Waals surface area contributed by atoms with Crippen molar-refractivity contribution in [3.05, 3.63) is 100 Å². The number of rotatable bonds is 3. The van der Waals surface area contributed by atoms with Crippen LogP contribution in [0.15, 0.2) is 77.9 Å². The average molecular weight is 474 g/mol. The molecule has 0 saturated carbocycles. The molecule has 0 aromatic heterocycles. The van der Waals surface area contributed by atoms with E-state index in [4.69, 9.17) is 11.6 Å². The van der Waals surface area contributed by atoms with Gasteiger partial charge in [-0.15, -0.1) is 0 Å². The van der Waals surface area contributed by atoms with Crippen molar-refractivity contribution in [3.8, 4) is 0 Å². The third-order valence-corrected chi connectivity index (χ3v) is 7.04. The van der Waals surface area contributed by atoms with Crippen LogP contribution in [0.5, 0.6) is 0 Å². The first-order chi connectivity index (χ1) is 16.5. The van der Waals surface area contributed by atoms with Crippen LogP contribution in [-0.2, 0) is 9.59 Å². The summed E-state index contributed by atoms with van der Waals surface area (Å²) >= 11 is 5.99. The summed E-state index contributed by atoms with van der Waals surface area (Å²) in [6.07, 6.45) is 1.64. The number of hydrogen-bond donors (Lipinski definition) is 0. The van der Waals surface area contributed by atoms with Crippen LogP contribution < -0.4 is 4.90 Å². The molecule has 3 aromatic carbocycles. The Kier molecular flexibility index (Phi) is 4.64. The fourth-order valence-corrected chi connectivity index (χ4v) is 5.45. The maximum Gasteiger partial charge on any atom is 0.240 e. The molecule has 6 rings (SSSR count). The van der Waals surface area contributed by atoms with Gasteiger partial charge in [-0.1, -0.05) is 48.0 Å². The van der Waals surface area contributed by atoms with Crippen molar-refractivity contribution in [3.63, 3.8) is 0 Å². The van der Waals surface area contributed by atoms with Gasteiger partial charge in [0.1, 0.15) is 11.9 Å². The number of anilines is 1. The van der Waals surface area contributed by atoms with Crippen LogP contribution in [0.4, 0.5) is 10.1 Å². The van der Waals surface area contributed by atoms with Crippen molar-refractivity contribution in [1.29, 1.82) is 0 Å². The Morgan fingerprint density at radius 1 is 0.882 bits per heavy atom. The number of halogens is 2. The summed E-state index contributed by atoms with van der Waals surface area (Å²) in [6, 6.07) is 17.8. The third kappa shape index (κ3) is 2.86. The van der Waals surface area contributed by atoms with Crippen LogP contribution in [0.2, 0.25) is 5.02 Å². The van der Waals surface area contributed by atoms with Crippen LogP contribution in [0.1, 0.15) is 27.5 Å². The molecule has 3 heterocycles. The molecule has 3 aliphatic rings. The molecule has 0 N–H and O–H groups in total. The number of amides is 2. The van der Waals surface area contributed by atoms with Crippen LogP contribution in [0.25, 0.3) is 0 Å². The van der Waals surface area contributed by atoms with Crippen molar-refractivity contribution in [2.24, 2.45) is 16.9 Å². The summed E-state index contributed by atoms with van der Waals surface area (Å²) in [4.78, 5) is 42.0. The first-order valence-electron chi connectivity index (χ1n) is 10.8. The largest absolute Gasteiger partial charge is 0.292 e. The van der Waals surface area contributed by atoms with E-state index < -0.39 is 41.6 Å². The lowest BCUT2D eigenvalue weighted by Gasteiger charge is -2.33. The summed E-state index contributed by atoms with van der Waals surface area (Å²) in [6.45, 7) is 0. The fraction of sp³-hybridized carbons (Fsp3) is 0.154. The van der Waals surface area contributed by atoms with Crippen molar-refractivity contribution in [1.82, 2.24) is 5.01 Å². The number of imide groups is 1. The second-order valence-electron chi connectivity index (χ2n) is 8.53. The number of benzene rings is 3. The fourth-order valence-electron chi connectivity index (χ4n) is 5.32. The zero-order valence-corrected chi connectivity index (χ0v) is 18.4. The van der Waals surface area contributed by atoms with Gasteiger partial charge >= 0.3 is 0 Å². The molecule has 3 aliphatic heterocycles. The maximum atomic E-state index is 14.6. The highest BCUT2D eigenvalue weighted by Crippen LogP contribution is 2.53. The van der Waals surface area contributed by atoms with E-state index in [0.29, 0.717) is 10.6 Å². The van der Waals surface area contributed by atoms with Gasteiger partial charge in [0.15, 0.2) is 5.78 Å². The van der Waals surface area contributed by atoms with Gasteiger partial charge in [0.05, 0.1) is 29.8 Å². The zero-order valence-electron chi connectivity index (χ0n) is 17.6. The summed E-state index contributed by atoms with van der Waals surface area (Å²) in [5, 5.41) is 6.56. The van der Waals surface area contributed by atoms with Crippen molar-refractivity contribution >= 4 is 41.1 Å². The molecule has 34 heavy (non-hydrogen) atoms. The number of carbonyl (C=O) groups excluding carboxylic acids is 3. The van der Waals surface area contributed by atoms with Crippen LogP contribution >= 0.6 is 11.6 Å². The summed E-state index contributed by atoms with van der Waals surface area (Å²) in [7, 11) is 0. The van der Waals surface area contributed by atoms with Crippen molar-refractivity contribution in [2.45, 2.75) is 12.1 Å². The lowest BCUT2D eigenvalue weighted by Crippen LogP contribution is -2.44. The monoisotopic (exact) mass is 473 g/mol. The quantitative estimate of drug-likeness (QED) is 0.421. The van der Waals surface area contributed by atoms with Gasteiger partial charge < -0.3 is 0 Å². The minimum absolute atomic E-state index is 0.108. The van der Waals surface area contributed by atoms with Gasteiger partial charge in [0, 0.05) is 10.6 Å². The molecule has 6 nitrogen and oxygen atoms in total. The van der Waals surface area contributed by atoms with E-state index in [1.807, 2.05) is 24.3 Å². The molecule has 0 radical (unpaired) electrons. The second kappa shape index (κ2) is 7.60. The Bertz CT molecular complexity index is 1390. The minimum Gasteiger partial charge on any atom is -0.292 e. The summed E-state index contributed by atoms with van der Waals surface area (Å²) < 4.78 is 14.6. The van der Waals surface area contributed by atoms with Gasteiger partial charge in [-0.25, -0.2) is 9.29 Å².